The smallest absolute Gasteiger partial charge is 0.202 e. The number of benzene rings is 1. The van der Waals surface area contributed by atoms with Gasteiger partial charge in [-0.25, -0.2) is 4.98 Å². The van der Waals surface area contributed by atoms with E-state index in [1.54, 1.807) is 6.26 Å². The first kappa shape index (κ1) is 12.6. The number of hydrogen-bond acceptors (Lipinski definition) is 4. The van der Waals surface area contributed by atoms with Crippen LogP contribution in [0.25, 0.3) is 11.0 Å². The van der Waals surface area contributed by atoms with E-state index in [0.717, 1.165) is 22.5 Å². The molecule has 3 rings (SSSR count). The second-order valence-corrected chi connectivity index (χ2v) is 4.59. The number of furan rings is 1. The highest BCUT2D eigenvalue weighted by Crippen LogP contribution is 2.31. The first-order valence-corrected chi connectivity index (χ1v) is 6.65. The molecule has 5 heteroatoms. The van der Waals surface area contributed by atoms with Crippen LogP contribution in [0.2, 0.25) is 0 Å². The van der Waals surface area contributed by atoms with Crippen LogP contribution >= 0.6 is 0 Å². The Morgan fingerprint density at radius 3 is 2.90 bits per heavy atom. The zero-order chi connectivity index (χ0) is 14.1. The molecule has 2 N–H and O–H groups in total. The Morgan fingerprint density at radius 1 is 1.35 bits per heavy atom. The van der Waals surface area contributed by atoms with Crippen LogP contribution in [0, 0.1) is 0 Å². The van der Waals surface area contributed by atoms with Crippen molar-refractivity contribution >= 4 is 17.0 Å². The van der Waals surface area contributed by atoms with E-state index < -0.39 is 0 Å². The van der Waals surface area contributed by atoms with Gasteiger partial charge in [0.05, 0.1) is 24.4 Å². The number of nitrogens with two attached hydrogens (primary N) is 1. The SMILES string of the molecule is CCOc1cccc2c1nc(N)n2C(C)c1ccco1. The van der Waals surface area contributed by atoms with Crippen molar-refractivity contribution in [1.82, 2.24) is 9.55 Å². The molecule has 0 bridgehead atoms. The maximum Gasteiger partial charge on any atom is 0.202 e. The predicted octanol–water partition coefficient (Wildman–Crippen LogP) is 3.22. The number of ether oxygens (including phenoxy) is 1. The number of anilines is 1. The Kier molecular flexibility index (Phi) is 3.10. The van der Waals surface area contributed by atoms with E-state index in [9.17, 15) is 0 Å². The first-order chi connectivity index (χ1) is 9.72. The Hall–Kier alpha value is -2.43. The molecule has 0 aliphatic carbocycles. The predicted molar refractivity (Wildman–Crippen MR) is 77.8 cm³/mol. The van der Waals surface area contributed by atoms with Crippen LogP contribution in [0.1, 0.15) is 25.6 Å². The third-order valence-corrected chi connectivity index (χ3v) is 3.35. The summed E-state index contributed by atoms with van der Waals surface area (Å²) in [4.78, 5) is 4.44. The summed E-state index contributed by atoms with van der Waals surface area (Å²) in [5, 5.41) is 0. The minimum absolute atomic E-state index is 0.0214. The monoisotopic (exact) mass is 271 g/mol. The molecule has 0 spiro atoms. The molecule has 20 heavy (non-hydrogen) atoms. The van der Waals surface area contributed by atoms with Gasteiger partial charge in [-0.05, 0) is 38.1 Å². The molecule has 1 atom stereocenters. The molecule has 0 aliphatic rings. The molecule has 0 saturated heterocycles. The molecule has 2 aromatic heterocycles. The van der Waals surface area contributed by atoms with Gasteiger partial charge in [0.25, 0.3) is 0 Å². The highest BCUT2D eigenvalue weighted by molar-refractivity contribution is 5.84. The van der Waals surface area contributed by atoms with Crippen molar-refractivity contribution in [2.24, 2.45) is 0 Å². The van der Waals surface area contributed by atoms with Crippen LogP contribution in [0.3, 0.4) is 0 Å². The lowest BCUT2D eigenvalue weighted by Gasteiger charge is -2.13. The highest BCUT2D eigenvalue weighted by Gasteiger charge is 2.19. The van der Waals surface area contributed by atoms with Crippen molar-refractivity contribution in [3.05, 3.63) is 42.4 Å². The average Bonchev–Trinajstić information content (AvgIpc) is 3.06. The van der Waals surface area contributed by atoms with Gasteiger partial charge in [-0.2, -0.15) is 0 Å². The van der Waals surface area contributed by atoms with E-state index in [2.05, 4.69) is 4.98 Å². The van der Waals surface area contributed by atoms with Crippen molar-refractivity contribution in [3.8, 4) is 5.75 Å². The van der Waals surface area contributed by atoms with Crippen LogP contribution in [0.4, 0.5) is 5.95 Å². The maximum atomic E-state index is 6.08. The number of imidazole rings is 1. The Balaban J connectivity index is 2.16. The highest BCUT2D eigenvalue weighted by atomic mass is 16.5. The fraction of sp³-hybridized carbons (Fsp3) is 0.267. The average molecular weight is 271 g/mol. The van der Waals surface area contributed by atoms with Gasteiger partial charge in [-0.15, -0.1) is 0 Å². The van der Waals surface area contributed by atoms with E-state index in [4.69, 9.17) is 14.9 Å². The number of nitrogens with zero attached hydrogens (tertiary/aromatic N) is 2. The molecule has 1 aromatic carbocycles. The second kappa shape index (κ2) is 4.92. The van der Waals surface area contributed by atoms with Crippen molar-refractivity contribution < 1.29 is 9.15 Å². The van der Waals surface area contributed by atoms with E-state index in [1.807, 2.05) is 48.7 Å². The summed E-state index contributed by atoms with van der Waals surface area (Å²) in [5.41, 5.74) is 7.80. The number of rotatable bonds is 4. The van der Waals surface area contributed by atoms with Crippen molar-refractivity contribution in [1.29, 1.82) is 0 Å². The summed E-state index contributed by atoms with van der Waals surface area (Å²) >= 11 is 0. The Labute approximate surface area is 117 Å². The lowest BCUT2D eigenvalue weighted by molar-refractivity contribution is 0.343. The molecule has 5 nitrogen and oxygen atoms in total. The summed E-state index contributed by atoms with van der Waals surface area (Å²) in [6.45, 7) is 4.58. The number of nitrogen functional groups attached to an aromatic ring is 1. The van der Waals surface area contributed by atoms with Crippen LogP contribution in [0.15, 0.2) is 41.0 Å². The quantitative estimate of drug-likeness (QED) is 0.791. The largest absolute Gasteiger partial charge is 0.492 e. The lowest BCUT2D eigenvalue weighted by atomic mass is 10.2. The lowest BCUT2D eigenvalue weighted by Crippen LogP contribution is -2.09. The second-order valence-electron chi connectivity index (χ2n) is 4.59. The zero-order valence-corrected chi connectivity index (χ0v) is 11.5. The van der Waals surface area contributed by atoms with Gasteiger partial charge in [0.15, 0.2) is 0 Å². The van der Waals surface area contributed by atoms with E-state index >= 15 is 0 Å². The van der Waals surface area contributed by atoms with Gasteiger partial charge >= 0.3 is 0 Å². The minimum atomic E-state index is -0.0214. The van der Waals surface area contributed by atoms with Gasteiger partial charge in [0.2, 0.25) is 5.95 Å². The van der Waals surface area contributed by atoms with E-state index in [0.29, 0.717) is 12.6 Å². The topological polar surface area (TPSA) is 66.2 Å². The molecule has 104 valence electrons. The summed E-state index contributed by atoms with van der Waals surface area (Å²) < 4.78 is 13.0. The zero-order valence-electron chi connectivity index (χ0n) is 11.5. The fourth-order valence-corrected chi connectivity index (χ4v) is 2.44. The fourth-order valence-electron chi connectivity index (χ4n) is 2.44. The minimum Gasteiger partial charge on any atom is -0.492 e. The summed E-state index contributed by atoms with van der Waals surface area (Å²) in [7, 11) is 0. The van der Waals surface area contributed by atoms with Crippen LogP contribution < -0.4 is 10.5 Å². The number of aromatic nitrogens is 2. The van der Waals surface area contributed by atoms with Gasteiger partial charge in [-0.3, -0.25) is 4.57 Å². The first-order valence-electron chi connectivity index (χ1n) is 6.65. The molecule has 0 saturated carbocycles. The molecular weight excluding hydrogens is 254 g/mol. The van der Waals surface area contributed by atoms with Crippen LogP contribution in [0.5, 0.6) is 5.75 Å². The third-order valence-electron chi connectivity index (χ3n) is 3.35. The summed E-state index contributed by atoms with van der Waals surface area (Å²) in [6, 6.07) is 9.61. The van der Waals surface area contributed by atoms with Crippen molar-refractivity contribution in [2.45, 2.75) is 19.9 Å². The molecule has 2 heterocycles. The van der Waals surface area contributed by atoms with Crippen molar-refractivity contribution in [3.63, 3.8) is 0 Å². The van der Waals surface area contributed by atoms with Gasteiger partial charge < -0.3 is 14.9 Å². The van der Waals surface area contributed by atoms with Gasteiger partial charge in [0.1, 0.15) is 17.0 Å². The summed E-state index contributed by atoms with van der Waals surface area (Å²) in [6.07, 6.45) is 1.66. The molecule has 0 radical (unpaired) electrons. The van der Waals surface area contributed by atoms with Gasteiger partial charge in [0, 0.05) is 0 Å². The number of para-hydroxylation sites is 1. The summed E-state index contributed by atoms with van der Waals surface area (Å²) in [5.74, 6) is 2.05. The van der Waals surface area contributed by atoms with Gasteiger partial charge in [-0.1, -0.05) is 6.07 Å². The molecule has 1 unspecified atom stereocenters. The molecule has 0 fully saturated rings. The standard InChI is InChI=1S/C15H17N3O2/c1-3-19-13-7-4-6-11-14(13)17-15(16)18(11)10(2)12-8-5-9-20-12/h4-10H,3H2,1-2H3,(H2,16,17). The van der Waals surface area contributed by atoms with Crippen LogP contribution in [-0.4, -0.2) is 16.2 Å². The third kappa shape index (κ3) is 1.91. The molecule has 3 aromatic rings. The number of fused-ring (bicyclic) bond motifs is 1. The molecule has 0 amide bonds. The Morgan fingerprint density at radius 2 is 2.20 bits per heavy atom. The van der Waals surface area contributed by atoms with E-state index in [1.165, 1.54) is 0 Å². The maximum absolute atomic E-state index is 6.08. The Bertz CT molecular complexity index is 716. The number of hydrogen-bond donors (Lipinski definition) is 1. The molecular formula is C15H17N3O2. The van der Waals surface area contributed by atoms with E-state index in [-0.39, 0.29) is 6.04 Å². The normalized spacial score (nSPS) is 12.7. The molecule has 0 aliphatic heterocycles. The van der Waals surface area contributed by atoms with Crippen LogP contribution in [-0.2, 0) is 0 Å². The van der Waals surface area contributed by atoms with Crippen molar-refractivity contribution in [2.75, 3.05) is 12.3 Å².